The lowest BCUT2D eigenvalue weighted by Gasteiger charge is -2.18. The molecule has 5 nitrogen and oxygen atoms in total. The van der Waals surface area contributed by atoms with Gasteiger partial charge >= 0.3 is 0 Å². The molecule has 1 aliphatic heterocycles. The number of nitrogens with zero attached hydrogens (tertiary/aromatic N) is 2. The highest BCUT2D eigenvalue weighted by molar-refractivity contribution is 6.30. The topological polar surface area (TPSA) is 62.3 Å². The zero-order valence-electron chi connectivity index (χ0n) is 13.5. The van der Waals surface area contributed by atoms with Crippen LogP contribution in [0.2, 0.25) is 5.02 Å². The van der Waals surface area contributed by atoms with E-state index in [0.717, 1.165) is 16.8 Å². The second kappa shape index (κ2) is 6.61. The van der Waals surface area contributed by atoms with Gasteiger partial charge in [-0.1, -0.05) is 17.7 Å². The van der Waals surface area contributed by atoms with Gasteiger partial charge in [-0.05, 0) is 49.2 Å². The molecule has 0 saturated carbocycles. The minimum Gasteiger partial charge on any atom is -0.312 e. The summed E-state index contributed by atoms with van der Waals surface area (Å²) in [5.74, 6) is -0.202. The number of anilines is 2. The number of aryl methyl sites for hydroxylation is 2. The second-order valence-electron chi connectivity index (χ2n) is 6.10. The van der Waals surface area contributed by atoms with E-state index in [-0.39, 0.29) is 18.2 Å². The van der Waals surface area contributed by atoms with Crippen LogP contribution < -0.4 is 10.2 Å². The van der Waals surface area contributed by atoms with Crippen LogP contribution >= 0.6 is 11.6 Å². The Balaban J connectivity index is 1.71. The standard InChI is InChI=1S/C18H18ClN3O2/c1-11-5-12(2)7-15(6-11)22-10-13(8-17(22)23)18(24)21-16-4-3-14(19)9-20-16/h3-7,9,13H,8,10H2,1-2H3,(H,20,21,24)/t13-/m1/s1. The van der Waals surface area contributed by atoms with Gasteiger partial charge in [-0.25, -0.2) is 4.98 Å². The van der Waals surface area contributed by atoms with Gasteiger partial charge in [0.15, 0.2) is 0 Å². The Morgan fingerprint density at radius 3 is 2.58 bits per heavy atom. The highest BCUT2D eigenvalue weighted by atomic mass is 35.5. The van der Waals surface area contributed by atoms with Crippen molar-refractivity contribution in [2.45, 2.75) is 20.3 Å². The van der Waals surface area contributed by atoms with Crippen LogP contribution in [0.3, 0.4) is 0 Å². The van der Waals surface area contributed by atoms with Crippen molar-refractivity contribution in [3.63, 3.8) is 0 Å². The molecule has 2 heterocycles. The number of hydrogen-bond acceptors (Lipinski definition) is 3. The Bertz CT molecular complexity index is 769. The van der Waals surface area contributed by atoms with E-state index in [2.05, 4.69) is 16.4 Å². The Kier molecular flexibility index (Phi) is 4.53. The SMILES string of the molecule is Cc1cc(C)cc(N2C[C@H](C(=O)Nc3ccc(Cl)cn3)CC2=O)c1. The molecular formula is C18H18ClN3O2. The molecule has 3 rings (SSSR count). The first-order valence-corrected chi connectivity index (χ1v) is 8.11. The zero-order valence-corrected chi connectivity index (χ0v) is 14.3. The summed E-state index contributed by atoms with van der Waals surface area (Å²) < 4.78 is 0. The fraction of sp³-hybridized carbons (Fsp3) is 0.278. The van der Waals surface area contributed by atoms with Gasteiger partial charge in [-0.2, -0.15) is 0 Å². The quantitative estimate of drug-likeness (QED) is 0.929. The summed E-state index contributed by atoms with van der Waals surface area (Å²) in [4.78, 5) is 30.4. The summed E-state index contributed by atoms with van der Waals surface area (Å²) in [6, 6.07) is 9.28. The predicted molar refractivity (Wildman–Crippen MR) is 94.3 cm³/mol. The monoisotopic (exact) mass is 343 g/mol. The van der Waals surface area contributed by atoms with E-state index in [1.54, 1.807) is 17.0 Å². The number of benzene rings is 1. The van der Waals surface area contributed by atoms with Crippen LogP contribution in [0.4, 0.5) is 11.5 Å². The minimum atomic E-state index is -0.393. The number of aromatic nitrogens is 1. The van der Waals surface area contributed by atoms with Gasteiger partial charge in [0.1, 0.15) is 5.82 Å². The zero-order chi connectivity index (χ0) is 17.3. The molecule has 0 radical (unpaired) electrons. The minimum absolute atomic E-state index is 0.0378. The van der Waals surface area contributed by atoms with Crippen molar-refractivity contribution < 1.29 is 9.59 Å². The maximum atomic E-state index is 12.4. The van der Waals surface area contributed by atoms with E-state index < -0.39 is 5.92 Å². The molecule has 0 aliphatic carbocycles. The van der Waals surface area contributed by atoms with Gasteiger partial charge in [0, 0.05) is 24.8 Å². The number of carbonyl (C=O) groups excluding carboxylic acids is 2. The highest BCUT2D eigenvalue weighted by Gasteiger charge is 2.35. The molecular weight excluding hydrogens is 326 g/mol. The number of nitrogens with one attached hydrogen (secondary N) is 1. The summed E-state index contributed by atoms with van der Waals surface area (Å²) in [5.41, 5.74) is 3.03. The molecule has 0 unspecified atom stereocenters. The lowest BCUT2D eigenvalue weighted by molar-refractivity contribution is -0.122. The third kappa shape index (κ3) is 3.57. The maximum Gasteiger partial charge on any atom is 0.230 e. The fourth-order valence-electron chi connectivity index (χ4n) is 2.92. The third-order valence-electron chi connectivity index (χ3n) is 3.99. The van der Waals surface area contributed by atoms with Crippen LogP contribution in [-0.2, 0) is 9.59 Å². The molecule has 1 aliphatic rings. The molecule has 0 bridgehead atoms. The normalized spacial score (nSPS) is 17.2. The van der Waals surface area contributed by atoms with E-state index in [0.29, 0.717) is 17.4 Å². The van der Waals surface area contributed by atoms with Crippen molar-refractivity contribution in [2.75, 3.05) is 16.8 Å². The molecule has 2 aromatic rings. The van der Waals surface area contributed by atoms with Crippen LogP contribution in [0.5, 0.6) is 0 Å². The molecule has 1 atom stereocenters. The van der Waals surface area contributed by atoms with Crippen molar-refractivity contribution in [3.8, 4) is 0 Å². The highest BCUT2D eigenvalue weighted by Crippen LogP contribution is 2.27. The van der Waals surface area contributed by atoms with Crippen LogP contribution in [0.15, 0.2) is 36.5 Å². The second-order valence-corrected chi connectivity index (χ2v) is 6.54. The largest absolute Gasteiger partial charge is 0.312 e. The lowest BCUT2D eigenvalue weighted by Crippen LogP contribution is -2.28. The van der Waals surface area contributed by atoms with Crippen molar-refractivity contribution in [1.82, 2.24) is 4.98 Å². The number of rotatable bonds is 3. The van der Waals surface area contributed by atoms with Crippen molar-refractivity contribution in [2.24, 2.45) is 5.92 Å². The van der Waals surface area contributed by atoms with E-state index in [1.807, 2.05) is 26.0 Å². The molecule has 0 spiro atoms. The fourth-order valence-corrected chi connectivity index (χ4v) is 3.03. The summed E-state index contributed by atoms with van der Waals surface area (Å²) in [6.45, 7) is 4.36. The summed E-state index contributed by atoms with van der Waals surface area (Å²) in [5, 5.41) is 3.24. The first-order valence-electron chi connectivity index (χ1n) is 7.73. The summed E-state index contributed by atoms with van der Waals surface area (Å²) in [7, 11) is 0. The average molecular weight is 344 g/mol. The van der Waals surface area contributed by atoms with Crippen LogP contribution in [0, 0.1) is 19.8 Å². The Morgan fingerprint density at radius 2 is 1.96 bits per heavy atom. The molecule has 6 heteroatoms. The Labute approximate surface area is 145 Å². The van der Waals surface area contributed by atoms with E-state index in [1.165, 1.54) is 6.20 Å². The van der Waals surface area contributed by atoms with Crippen molar-refractivity contribution >= 4 is 34.9 Å². The molecule has 1 aromatic heterocycles. The van der Waals surface area contributed by atoms with Crippen LogP contribution in [-0.4, -0.2) is 23.3 Å². The molecule has 124 valence electrons. The van der Waals surface area contributed by atoms with Crippen LogP contribution in [0.1, 0.15) is 17.5 Å². The van der Waals surface area contributed by atoms with Gasteiger partial charge < -0.3 is 10.2 Å². The van der Waals surface area contributed by atoms with Crippen molar-refractivity contribution in [1.29, 1.82) is 0 Å². The van der Waals surface area contributed by atoms with E-state index in [4.69, 9.17) is 11.6 Å². The van der Waals surface area contributed by atoms with E-state index in [9.17, 15) is 9.59 Å². The smallest absolute Gasteiger partial charge is 0.230 e. The molecule has 1 saturated heterocycles. The first kappa shape index (κ1) is 16.5. The molecule has 2 amide bonds. The molecule has 24 heavy (non-hydrogen) atoms. The van der Waals surface area contributed by atoms with Crippen LogP contribution in [0.25, 0.3) is 0 Å². The lowest BCUT2D eigenvalue weighted by atomic mass is 10.1. The number of carbonyl (C=O) groups is 2. The number of amides is 2. The van der Waals surface area contributed by atoms with Gasteiger partial charge in [0.25, 0.3) is 0 Å². The number of hydrogen-bond donors (Lipinski definition) is 1. The predicted octanol–water partition coefficient (Wildman–Crippen LogP) is 3.34. The van der Waals surface area contributed by atoms with Crippen molar-refractivity contribution in [3.05, 3.63) is 52.7 Å². The van der Waals surface area contributed by atoms with E-state index >= 15 is 0 Å². The Morgan fingerprint density at radius 1 is 1.25 bits per heavy atom. The van der Waals surface area contributed by atoms with Gasteiger partial charge in [0.2, 0.25) is 11.8 Å². The van der Waals surface area contributed by atoms with Gasteiger partial charge in [0.05, 0.1) is 10.9 Å². The average Bonchev–Trinajstić information content (AvgIpc) is 2.91. The first-order chi connectivity index (χ1) is 11.4. The maximum absolute atomic E-state index is 12.4. The molecule has 1 aromatic carbocycles. The molecule has 1 N–H and O–H groups in total. The summed E-state index contributed by atoms with van der Waals surface area (Å²) in [6.07, 6.45) is 1.67. The number of halogens is 1. The third-order valence-corrected chi connectivity index (χ3v) is 4.22. The number of pyridine rings is 1. The summed E-state index contributed by atoms with van der Waals surface area (Å²) >= 11 is 5.78. The Hall–Kier alpha value is -2.40. The van der Waals surface area contributed by atoms with Gasteiger partial charge in [-0.15, -0.1) is 0 Å². The molecule has 1 fully saturated rings. The van der Waals surface area contributed by atoms with Gasteiger partial charge in [-0.3, -0.25) is 9.59 Å².